The van der Waals surface area contributed by atoms with E-state index >= 15 is 0 Å². The van der Waals surface area contributed by atoms with Crippen LogP contribution in [-0.4, -0.2) is 18.0 Å². The van der Waals surface area contributed by atoms with Crippen LogP contribution in [0, 0.1) is 6.92 Å². The minimum absolute atomic E-state index is 0.292. The lowest BCUT2D eigenvalue weighted by molar-refractivity contribution is -0.136. The highest BCUT2D eigenvalue weighted by Crippen LogP contribution is 2.23. The zero-order valence-electron chi connectivity index (χ0n) is 16.9. The molecule has 164 valence electrons. The molecule has 6 nitrogen and oxygen atoms in total. The highest BCUT2D eigenvalue weighted by atomic mass is 35.5. The SMILES string of the molecule is Cc1ccc(NC(=O)C(=O)N/N=C\c2ccc(OCc3ccc(Cl)cc3Cl)cc2)cc1Cl. The normalized spacial score (nSPS) is 10.8. The number of ether oxygens (including phenoxy) is 1. The minimum atomic E-state index is -0.905. The Labute approximate surface area is 200 Å². The van der Waals surface area contributed by atoms with Crippen molar-refractivity contribution in [2.24, 2.45) is 5.10 Å². The number of nitrogens with one attached hydrogen (secondary N) is 2. The maximum absolute atomic E-state index is 12.0. The van der Waals surface area contributed by atoms with Gasteiger partial charge in [0.2, 0.25) is 0 Å². The monoisotopic (exact) mass is 489 g/mol. The highest BCUT2D eigenvalue weighted by molar-refractivity contribution is 6.40. The number of hydrogen-bond donors (Lipinski definition) is 2. The van der Waals surface area contributed by atoms with Crippen LogP contribution in [0.25, 0.3) is 0 Å². The average molecular weight is 491 g/mol. The molecule has 0 heterocycles. The van der Waals surface area contributed by atoms with Gasteiger partial charge in [-0.15, -0.1) is 0 Å². The number of carbonyl (C=O) groups is 2. The number of amides is 2. The third-order valence-corrected chi connectivity index (χ3v) is 5.30. The van der Waals surface area contributed by atoms with Crippen LogP contribution in [0.3, 0.4) is 0 Å². The quantitative estimate of drug-likeness (QED) is 0.267. The number of anilines is 1. The molecule has 0 radical (unpaired) electrons. The van der Waals surface area contributed by atoms with Gasteiger partial charge in [0.05, 0.1) is 6.21 Å². The van der Waals surface area contributed by atoms with Gasteiger partial charge in [0.1, 0.15) is 12.4 Å². The Morgan fingerprint density at radius 3 is 2.38 bits per heavy atom. The van der Waals surface area contributed by atoms with Gasteiger partial charge in [0.25, 0.3) is 0 Å². The Balaban J connectivity index is 1.49. The van der Waals surface area contributed by atoms with Crippen LogP contribution in [0.2, 0.25) is 15.1 Å². The summed E-state index contributed by atoms with van der Waals surface area (Å²) in [6.45, 7) is 2.13. The summed E-state index contributed by atoms with van der Waals surface area (Å²) in [4.78, 5) is 23.9. The van der Waals surface area contributed by atoms with Crippen molar-refractivity contribution in [3.05, 3.63) is 92.4 Å². The van der Waals surface area contributed by atoms with Crippen molar-refractivity contribution in [1.29, 1.82) is 0 Å². The van der Waals surface area contributed by atoms with Crippen LogP contribution in [-0.2, 0) is 16.2 Å². The van der Waals surface area contributed by atoms with E-state index in [0.29, 0.717) is 38.7 Å². The maximum Gasteiger partial charge on any atom is 0.329 e. The van der Waals surface area contributed by atoms with Gasteiger partial charge in [-0.1, -0.05) is 46.9 Å². The molecule has 0 atom stereocenters. The molecular formula is C23H18Cl3N3O3. The van der Waals surface area contributed by atoms with Crippen molar-refractivity contribution in [1.82, 2.24) is 5.43 Å². The molecule has 2 amide bonds. The van der Waals surface area contributed by atoms with E-state index in [1.165, 1.54) is 6.21 Å². The van der Waals surface area contributed by atoms with Gasteiger partial charge < -0.3 is 10.1 Å². The topological polar surface area (TPSA) is 79.8 Å². The molecule has 0 bridgehead atoms. The number of hydrazone groups is 1. The summed E-state index contributed by atoms with van der Waals surface area (Å²) in [6.07, 6.45) is 1.41. The lowest BCUT2D eigenvalue weighted by Crippen LogP contribution is -2.32. The smallest absolute Gasteiger partial charge is 0.329 e. The molecule has 2 N–H and O–H groups in total. The molecule has 0 fully saturated rings. The fraction of sp³-hybridized carbons (Fsp3) is 0.0870. The molecule has 9 heteroatoms. The second-order valence-electron chi connectivity index (χ2n) is 6.71. The number of nitrogens with zero attached hydrogens (tertiary/aromatic N) is 1. The Morgan fingerprint density at radius 2 is 1.69 bits per heavy atom. The van der Waals surface area contributed by atoms with Crippen molar-refractivity contribution in [2.45, 2.75) is 13.5 Å². The first kappa shape index (κ1) is 23.6. The summed E-state index contributed by atoms with van der Waals surface area (Å²) >= 11 is 18.0. The zero-order chi connectivity index (χ0) is 23.1. The van der Waals surface area contributed by atoms with Gasteiger partial charge in [-0.25, -0.2) is 5.43 Å². The zero-order valence-corrected chi connectivity index (χ0v) is 19.1. The average Bonchev–Trinajstić information content (AvgIpc) is 2.76. The Bertz CT molecular complexity index is 1160. The van der Waals surface area contributed by atoms with Gasteiger partial charge in [-0.2, -0.15) is 5.10 Å². The molecule has 0 aliphatic rings. The number of carbonyl (C=O) groups excluding carboxylic acids is 2. The van der Waals surface area contributed by atoms with Crippen molar-refractivity contribution in [2.75, 3.05) is 5.32 Å². The van der Waals surface area contributed by atoms with Crippen LogP contribution in [0.1, 0.15) is 16.7 Å². The molecule has 0 saturated carbocycles. The van der Waals surface area contributed by atoms with Crippen LogP contribution in [0.5, 0.6) is 5.75 Å². The summed E-state index contributed by atoms with van der Waals surface area (Å²) in [7, 11) is 0. The molecule has 3 aromatic carbocycles. The van der Waals surface area contributed by atoms with E-state index in [2.05, 4.69) is 15.8 Å². The summed E-state index contributed by atoms with van der Waals surface area (Å²) < 4.78 is 5.71. The Kier molecular flexibility index (Phi) is 8.11. The van der Waals surface area contributed by atoms with Crippen LogP contribution in [0.4, 0.5) is 5.69 Å². The van der Waals surface area contributed by atoms with E-state index in [9.17, 15) is 9.59 Å². The van der Waals surface area contributed by atoms with Crippen molar-refractivity contribution >= 4 is 58.5 Å². The molecule has 0 aromatic heterocycles. The van der Waals surface area contributed by atoms with E-state index < -0.39 is 11.8 Å². The number of aryl methyl sites for hydroxylation is 1. The van der Waals surface area contributed by atoms with Gasteiger partial charge in [0.15, 0.2) is 0 Å². The number of rotatable bonds is 6. The van der Waals surface area contributed by atoms with E-state index in [1.54, 1.807) is 60.7 Å². The molecule has 3 rings (SSSR count). The molecule has 0 spiro atoms. The third-order valence-electron chi connectivity index (χ3n) is 4.31. The lowest BCUT2D eigenvalue weighted by Gasteiger charge is -2.08. The molecule has 0 saturated heterocycles. The van der Waals surface area contributed by atoms with Crippen molar-refractivity contribution in [3.63, 3.8) is 0 Å². The number of benzene rings is 3. The molecule has 32 heavy (non-hydrogen) atoms. The summed E-state index contributed by atoms with van der Waals surface area (Å²) in [6, 6.07) is 17.2. The molecule has 0 aliphatic heterocycles. The number of hydrogen-bond acceptors (Lipinski definition) is 4. The first-order valence-corrected chi connectivity index (χ1v) is 10.5. The summed E-state index contributed by atoms with van der Waals surface area (Å²) in [5, 5.41) is 7.84. The summed E-state index contributed by atoms with van der Waals surface area (Å²) in [5.74, 6) is -1.13. The standard InChI is InChI=1S/C23H18Cl3N3O3/c1-14-2-7-18(11-20(14)25)28-22(30)23(31)29-27-12-15-3-8-19(9-4-15)32-13-16-5-6-17(24)10-21(16)26/h2-12H,13H2,1H3,(H,28,30)(H,29,31)/b27-12-. The van der Waals surface area contributed by atoms with Gasteiger partial charge in [-0.3, -0.25) is 9.59 Å². The fourth-order valence-electron chi connectivity index (χ4n) is 2.52. The maximum atomic E-state index is 12.0. The lowest BCUT2D eigenvalue weighted by atomic mass is 10.2. The predicted octanol–water partition coefficient (Wildman–Crippen LogP) is 5.62. The summed E-state index contributed by atoms with van der Waals surface area (Å²) in [5.41, 5.74) is 4.98. The van der Waals surface area contributed by atoms with Gasteiger partial charge in [0, 0.05) is 26.3 Å². The molecular weight excluding hydrogens is 473 g/mol. The first-order valence-electron chi connectivity index (χ1n) is 9.39. The van der Waals surface area contributed by atoms with Crippen LogP contribution >= 0.6 is 34.8 Å². The molecule has 0 aliphatic carbocycles. The molecule has 0 unspecified atom stereocenters. The van der Waals surface area contributed by atoms with Crippen molar-refractivity contribution in [3.8, 4) is 5.75 Å². The van der Waals surface area contributed by atoms with E-state index in [1.807, 2.05) is 6.92 Å². The first-order chi connectivity index (χ1) is 15.3. The Morgan fingerprint density at radius 1 is 0.938 bits per heavy atom. The van der Waals surface area contributed by atoms with Crippen molar-refractivity contribution < 1.29 is 14.3 Å². The van der Waals surface area contributed by atoms with Crippen LogP contribution in [0.15, 0.2) is 65.8 Å². The Hall–Kier alpha value is -3.06. The second kappa shape index (κ2) is 11.0. The number of halogens is 3. The fourth-order valence-corrected chi connectivity index (χ4v) is 3.17. The minimum Gasteiger partial charge on any atom is -0.489 e. The second-order valence-corrected chi connectivity index (χ2v) is 7.96. The van der Waals surface area contributed by atoms with Crippen LogP contribution < -0.4 is 15.5 Å². The predicted molar refractivity (Wildman–Crippen MR) is 128 cm³/mol. The highest BCUT2D eigenvalue weighted by Gasteiger charge is 2.13. The van der Waals surface area contributed by atoms with Gasteiger partial charge >= 0.3 is 11.8 Å². The third kappa shape index (κ3) is 6.72. The van der Waals surface area contributed by atoms with E-state index in [0.717, 1.165) is 11.1 Å². The largest absolute Gasteiger partial charge is 0.489 e. The van der Waals surface area contributed by atoms with E-state index in [4.69, 9.17) is 39.5 Å². The van der Waals surface area contributed by atoms with Gasteiger partial charge in [-0.05, 0) is 66.6 Å². The molecule has 3 aromatic rings. The van der Waals surface area contributed by atoms with E-state index in [-0.39, 0.29) is 0 Å².